The van der Waals surface area contributed by atoms with Gasteiger partial charge in [0, 0.05) is 18.7 Å². The van der Waals surface area contributed by atoms with Crippen LogP contribution in [0.5, 0.6) is 11.8 Å². The van der Waals surface area contributed by atoms with Crippen molar-refractivity contribution in [3.05, 3.63) is 17.7 Å². The van der Waals surface area contributed by atoms with Gasteiger partial charge in [0.1, 0.15) is 0 Å². The number of methoxy groups -OCH3 is 2. The molecule has 1 aromatic rings. The molecule has 0 saturated heterocycles. The van der Waals surface area contributed by atoms with Crippen LogP contribution < -0.4 is 9.47 Å². The fourth-order valence-corrected chi connectivity index (χ4v) is 1.33. The number of hydrogen-bond donors (Lipinski definition) is 0. The van der Waals surface area contributed by atoms with E-state index >= 15 is 0 Å². The molecule has 0 radical (unpaired) electrons. The van der Waals surface area contributed by atoms with Crippen molar-refractivity contribution >= 4 is 0 Å². The Morgan fingerprint density at radius 2 is 1.71 bits per heavy atom. The monoisotopic (exact) mass is 239 g/mol. The maximum atomic E-state index is 5.59. The van der Waals surface area contributed by atoms with Crippen molar-refractivity contribution in [1.29, 1.82) is 0 Å². The van der Waals surface area contributed by atoms with Gasteiger partial charge in [-0.05, 0) is 17.9 Å². The maximum Gasteiger partial charge on any atom is 0.216 e. The van der Waals surface area contributed by atoms with E-state index in [0.29, 0.717) is 24.3 Å². The van der Waals surface area contributed by atoms with Gasteiger partial charge >= 0.3 is 0 Å². The summed E-state index contributed by atoms with van der Waals surface area (Å²) in [5.74, 6) is 1.76. The minimum absolute atomic E-state index is 0.548. The lowest BCUT2D eigenvalue weighted by Crippen LogP contribution is -2.01. The summed E-state index contributed by atoms with van der Waals surface area (Å²) in [6.45, 7) is 5.69. The number of hydrogen-bond acceptors (Lipinski definition) is 4. The van der Waals surface area contributed by atoms with E-state index in [1.165, 1.54) is 0 Å². The summed E-state index contributed by atoms with van der Waals surface area (Å²) in [7, 11) is 3.18. The zero-order valence-electron chi connectivity index (χ0n) is 11.0. The molecule has 0 unspecified atom stereocenters. The minimum Gasteiger partial charge on any atom is -0.481 e. The molecule has 96 valence electrons. The highest BCUT2D eigenvalue weighted by atomic mass is 16.5. The van der Waals surface area contributed by atoms with Crippen LogP contribution in [0, 0.1) is 5.92 Å². The Morgan fingerprint density at radius 3 is 2.18 bits per heavy atom. The molecule has 0 aliphatic rings. The first-order chi connectivity index (χ1) is 8.15. The predicted molar refractivity (Wildman–Crippen MR) is 66.5 cm³/mol. The summed E-state index contributed by atoms with van der Waals surface area (Å²) in [6.07, 6.45) is 1.07. The lowest BCUT2D eigenvalue weighted by atomic mass is 10.1. The molecule has 4 heteroatoms. The summed E-state index contributed by atoms with van der Waals surface area (Å²) < 4.78 is 15.8. The van der Waals surface area contributed by atoms with Crippen LogP contribution in [0.1, 0.15) is 25.8 Å². The molecule has 4 nitrogen and oxygen atoms in total. The number of ether oxygens (including phenoxy) is 3. The molecule has 0 amide bonds. The summed E-state index contributed by atoms with van der Waals surface area (Å²) >= 11 is 0. The van der Waals surface area contributed by atoms with Crippen molar-refractivity contribution in [3.8, 4) is 11.8 Å². The van der Waals surface area contributed by atoms with Crippen LogP contribution in [-0.4, -0.2) is 25.8 Å². The third-order valence-corrected chi connectivity index (χ3v) is 2.36. The van der Waals surface area contributed by atoms with Crippen LogP contribution in [0.4, 0.5) is 0 Å². The van der Waals surface area contributed by atoms with Gasteiger partial charge in [-0.15, -0.1) is 0 Å². The third-order valence-electron chi connectivity index (χ3n) is 2.36. The average molecular weight is 239 g/mol. The first-order valence-electron chi connectivity index (χ1n) is 5.82. The third kappa shape index (κ3) is 5.04. The van der Waals surface area contributed by atoms with E-state index in [0.717, 1.165) is 18.6 Å². The molecule has 0 N–H and O–H groups in total. The summed E-state index contributed by atoms with van der Waals surface area (Å²) in [4.78, 5) is 4.13. The molecule has 0 fully saturated rings. The van der Waals surface area contributed by atoms with Gasteiger partial charge in [0.05, 0.1) is 20.8 Å². The van der Waals surface area contributed by atoms with Crippen LogP contribution in [0.15, 0.2) is 12.1 Å². The van der Waals surface area contributed by atoms with Crippen molar-refractivity contribution in [2.24, 2.45) is 5.92 Å². The van der Waals surface area contributed by atoms with Crippen molar-refractivity contribution in [2.45, 2.75) is 26.9 Å². The van der Waals surface area contributed by atoms with Crippen LogP contribution >= 0.6 is 0 Å². The van der Waals surface area contributed by atoms with Crippen molar-refractivity contribution in [1.82, 2.24) is 4.98 Å². The number of aromatic nitrogens is 1. The molecule has 0 aromatic carbocycles. The van der Waals surface area contributed by atoms with Gasteiger partial charge in [0.15, 0.2) is 0 Å². The smallest absolute Gasteiger partial charge is 0.216 e. The van der Waals surface area contributed by atoms with Crippen molar-refractivity contribution in [2.75, 3.05) is 20.8 Å². The topological polar surface area (TPSA) is 40.6 Å². The molecule has 0 aliphatic heterocycles. The van der Waals surface area contributed by atoms with Gasteiger partial charge in [-0.1, -0.05) is 13.8 Å². The van der Waals surface area contributed by atoms with Gasteiger partial charge in [-0.2, -0.15) is 4.98 Å². The zero-order valence-corrected chi connectivity index (χ0v) is 11.0. The van der Waals surface area contributed by atoms with E-state index in [2.05, 4.69) is 18.8 Å². The number of nitrogens with zero attached hydrogens (tertiary/aromatic N) is 1. The van der Waals surface area contributed by atoms with Crippen LogP contribution in [0.3, 0.4) is 0 Å². The standard InChI is InChI=1S/C13H21NO3/c1-10(2)5-6-17-9-11-7-12(15-3)14-13(8-11)16-4/h7-8,10H,5-6,9H2,1-4H3. The van der Waals surface area contributed by atoms with E-state index < -0.39 is 0 Å². The van der Waals surface area contributed by atoms with Crippen LogP contribution in [0.25, 0.3) is 0 Å². The SMILES string of the molecule is COc1cc(COCCC(C)C)cc(OC)n1. The molecule has 0 spiro atoms. The van der Waals surface area contributed by atoms with Gasteiger partial charge in [0.2, 0.25) is 11.8 Å². The maximum absolute atomic E-state index is 5.59. The van der Waals surface area contributed by atoms with E-state index in [1.54, 1.807) is 14.2 Å². The first kappa shape index (κ1) is 13.8. The second-order valence-corrected chi connectivity index (χ2v) is 4.30. The molecular weight excluding hydrogens is 218 g/mol. The summed E-state index contributed by atoms with van der Waals surface area (Å²) in [5.41, 5.74) is 1.01. The van der Waals surface area contributed by atoms with Crippen molar-refractivity contribution < 1.29 is 14.2 Å². The van der Waals surface area contributed by atoms with Crippen LogP contribution in [0.2, 0.25) is 0 Å². The van der Waals surface area contributed by atoms with Gasteiger partial charge in [0.25, 0.3) is 0 Å². The molecule has 17 heavy (non-hydrogen) atoms. The average Bonchev–Trinajstić information content (AvgIpc) is 2.34. The molecule has 0 atom stereocenters. The lowest BCUT2D eigenvalue weighted by molar-refractivity contribution is 0.110. The Labute approximate surface area is 103 Å². The van der Waals surface area contributed by atoms with Crippen molar-refractivity contribution in [3.63, 3.8) is 0 Å². The predicted octanol–water partition coefficient (Wildman–Crippen LogP) is 2.66. The van der Waals surface area contributed by atoms with E-state index in [9.17, 15) is 0 Å². The Hall–Kier alpha value is -1.29. The molecule has 1 rings (SSSR count). The largest absolute Gasteiger partial charge is 0.481 e. The lowest BCUT2D eigenvalue weighted by Gasteiger charge is -2.09. The number of pyridine rings is 1. The Bertz CT molecular complexity index is 317. The first-order valence-corrected chi connectivity index (χ1v) is 5.82. The Balaban J connectivity index is 2.51. The zero-order chi connectivity index (χ0) is 12.7. The molecule has 0 aliphatic carbocycles. The minimum atomic E-state index is 0.548. The molecular formula is C13H21NO3. The molecule has 0 saturated carbocycles. The molecule has 0 bridgehead atoms. The quantitative estimate of drug-likeness (QED) is 0.686. The fourth-order valence-electron chi connectivity index (χ4n) is 1.33. The summed E-state index contributed by atoms with van der Waals surface area (Å²) in [6, 6.07) is 3.72. The van der Waals surface area contributed by atoms with E-state index in [4.69, 9.17) is 14.2 Å². The second-order valence-electron chi connectivity index (χ2n) is 4.30. The second kappa shape index (κ2) is 7.12. The molecule has 1 heterocycles. The highest BCUT2D eigenvalue weighted by molar-refractivity contribution is 5.27. The number of rotatable bonds is 7. The van der Waals surface area contributed by atoms with E-state index in [1.807, 2.05) is 12.1 Å². The Morgan fingerprint density at radius 1 is 1.12 bits per heavy atom. The fraction of sp³-hybridized carbons (Fsp3) is 0.615. The molecule has 1 aromatic heterocycles. The summed E-state index contributed by atoms with van der Waals surface area (Å²) in [5, 5.41) is 0. The Kier molecular flexibility index (Phi) is 5.77. The highest BCUT2D eigenvalue weighted by Gasteiger charge is 2.03. The van der Waals surface area contributed by atoms with Crippen LogP contribution in [-0.2, 0) is 11.3 Å². The van der Waals surface area contributed by atoms with Gasteiger partial charge in [-0.25, -0.2) is 0 Å². The van der Waals surface area contributed by atoms with Gasteiger partial charge < -0.3 is 14.2 Å². The van der Waals surface area contributed by atoms with Gasteiger partial charge in [-0.3, -0.25) is 0 Å². The van der Waals surface area contributed by atoms with E-state index in [-0.39, 0.29) is 0 Å². The highest BCUT2D eigenvalue weighted by Crippen LogP contribution is 2.18. The normalized spacial score (nSPS) is 10.6.